The summed E-state index contributed by atoms with van der Waals surface area (Å²) >= 11 is 11.9. The summed E-state index contributed by atoms with van der Waals surface area (Å²) in [5.41, 5.74) is 2.37. The Morgan fingerprint density at radius 2 is 1.65 bits per heavy atom. The number of aromatic nitrogens is 2. The van der Waals surface area contributed by atoms with Crippen LogP contribution in [0.1, 0.15) is 16.2 Å². The van der Waals surface area contributed by atoms with Crippen molar-refractivity contribution in [2.24, 2.45) is 0 Å². The molecule has 1 N–H and O–H groups in total. The predicted octanol–water partition coefficient (Wildman–Crippen LogP) is 5.11. The number of anilines is 3. The minimum Gasteiger partial charge on any atom is -0.321 e. The third kappa shape index (κ3) is 4.31. The fourth-order valence-corrected chi connectivity index (χ4v) is 2.93. The van der Waals surface area contributed by atoms with E-state index in [1.807, 2.05) is 49.2 Å². The molecule has 0 fully saturated rings. The maximum Gasteiger partial charge on any atom is 0.274 e. The number of hydrogen-bond acceptors (Lipinski definition) is 4. The Balaban J connectivity index is 1.88. The van der Waals surface area contributed by atoms with Gasteiger partial charge in [-0.1, -0.05) is 41.4 Å². The van der Waals surface area contributed by atoms with Crippen molar-refractivity contribution in [1.29, 1.82) is 0 Å². The van der Waals surface area contributed by atoms with Gasteiger partial charge in [0.2, 0.25) is 5.95 Å². The van der Waals surface area contributed by atoms with E-state index in [0.717, 1.165) is 5.69 Å². The Hall–Kier alpha value is -2.63. The Kier molecular flexibility index (Phi) is 5.40. The van der Waals surface area contributed by atoms with Crippen molar-refractivity contribution in [2.45, 2.75) is 6.92 Å². The lowest BCUT2D eigenvalue weighted by Crippen LogP contribution is -2.19. The lowest BCUT2D eigenvalue weighted by Gasteiger charge is -2.18. The molecule has 3 rings (SSSR count). The summed E-state index contributed by atoms with van der Waals surface area (Å²) in [6, 6.07) is 16.1. The first-order valence-electron chi connectivity index (χ1n) is 7.84. The Bertz CT molecular complexity index is 927. The van der Waals surface area contributed by atoms with E-state index in [2.05, 4.69) is 15.3 Å². The normalized spacial score (nSPS) is 10.5. The molecule has 3 aromatic rings. The van der Waals surface area contributed by atoms with Crippen molar-refractivity contribution < 1.29 is 4.79 Å². The van der Waals surface area contributed by atoms with Crippen LogP contribution in [0.5, 0.6) is 0 Å². The van der Waals surface area contributed by atoms with Crippen LogP contribution in [0, 0.1) is 6.92 Å². The molecule has 1 amide bonds. The molecule has 0 atom stereocenters. The molecule has 26 heavy (non-hydrogen) atoms. The summed E-state index contributed by atoms with van der Waals surface area (Å²) in [6.07, 6.45) is 0. The molecule has 7 heteroatoms. The van der Waals surface area contributed by atoms with E-state index in [9.17, 15) is 4.79 Å². The highest BCUT2D eigenvalue weighted by molar-refractivity contribution is 6.35. The second-order valence-electron chi connectivity index (χ2n) is 5.70. The molecule has 132 valence electrons. The molecule has 0 unspecified atom stereocenters. The Morgan fingerprint density at radius 3 is 2.31 bits per heavy atom. The lowest BCUT2D eigenvalue weighted by molar-refractivity contribution is 0.102. The smallest absolute Gasteiger partial charge is 0.274 e. The predicted molar refractivity (Wildman–Crippen MR) is 106 cm³/mol. The van der Waals surface area contributed by atoms with E-state index in [0.29, 0.717) is 27.4 Å². The van der Waals surface area contributed by atoms with Gasteiger partial charge in [0.1, 0.15) is 5.69 Å². The summed E-state index contributed by atoms with van der Waals surface area (Å²) in [4.78, 5) is 23.2. The van der Waals surface area contributed by atoms with Crippen molar-refractivity contribution >= 4 is 46.4 Å². The molecule has 1 aromatic heterocycles. The number of hydrogen-bond donors (Lipinski definition) is 1. The molecule has 0 radical (unpaired) electrons. The molecule has 0 spiro atoms. The molecule has 0 bridgehead atoms. The third-order valence-electron chi connectivity index (χ3n) is 3.64. The summed E-state index contributed by atoms with van der Waals surface area (Å²) in [6.45, 7) is 1.82. The van der Waals surface area contributed by atoms with Gasteiger partial charge in [-0.05, 0) is 43.3 Å². The van der Waals surface area contributed by atoms with E-state index in [1.54, 1.807) is 24.3 Å². The van der Waals surface area contributed by atoms with E-state index < -0.39 is 0 Å². The number of carbonyl (C=O) groups excluding carboxylic acids is 1. The standard InChI is InChI=1S/C19H16Cl2N4O/c1-12-8-17(18(26)23-15-10-13(20)9-14(21)11-15)24-19(22-12)25(2)16-6-4-3-5-7-16/h3-11H,1-2H3,(H,23,26). The number of nitrogens with zero attached hydrogens (tertiary/aromatic N) is 3. The van der Waals surface area contributed by atoms with Gasteiger partial charge >= 0.3 is 0 Å². The largest absolute Gasteiger partial charge is 0.321 e. The fourth-order valence-electron chi connectivity index (χ4n) is 2.41. The number of benzene rings is 2. The van der Waals surface area contributed by atoms with Gasteiger partial charge in [-0.2, -0.15) is 0 Å². The zero-order chi connectivity index (χ0) is 18.7. The molecule has 0 aliphatic carbocycles. The first-order valence-corrected chi connectivity index (χ1v) is 8.60. The van der Waals surface area contributed by atoms with Crippen molar-refractivity contribution in [2.75, 3.05) is 17.3 Å². The van der Waals surface area contributed by atoms with E-state index in [-0.39, 0.29) is 11.6 Å². The van der Waals surface area contributed by atoms with E-state index in [4.69, 9.17) is 23.2 Å². The first-order chi connectivity index (χ1) is 12.4. The van der Waals surface area contributed by atoms with Crippen LogP contribution in [0.25, 0.3) is 0 Å². The van der Waals surface area contributed by atoms with Gasteiger partial charge in [0.05, 0.1) is 0 Å². The van der Waals surface area contributed by atoms with Crippen molar-refractivity contribution in [1.82, 2.24) is 9.97 Å². The molecular weight excluding hydrogens is 371 g/mol. The minimum atomic E-state index is -0.364. The average molecular weight is 387 g/mol. The van der Waals surface area contributed by atoms with Gasteiger partial charge < -0.3 is 10.2 Å². The molecule has 5 nitrogen and oxygen atoms in total. The van der Waals surface area contributed by atoms with E-state index >= 15 is 0 Å². The summed E-state index contributed by atoms with van der Waals surface area (Å²) < 4.78 is 0. The van der Waals surface area contributed by atoms with Crippen molar-refractivity contribution in [3.63, 3.8) is 0 Å². The second-order valence-corrected chi connectivity index (χ2v) is 6.57. The molecule has 0 saturated heterocycles. The maximum atomic E-state index is 12.6. The molecule has 2 aromatic carbocycles. The quantitative estimate of drug-likeness (QED) is 0.676. The highest BCUT2D eigenvalue weighted by Crippen LogP contribution is 2.24. The number of carbonyl (C=O) groups is 1. The van der Waals surface area contributed by atoms with Gasteiger partial charge in [-0.3, -0.25) is 4.79 Å². The fraction of sp³-hybridized carbons (Fsp3) is 0.105. The van der Waals surface area contributed by atoms with Crippen LogP contribution in [-0.2, 0) is 0 Å². The van der Waals surface area contributed by atoms with Crippen LogP contribution < -0.4 is 10.2 Å². The first kappa shape index (κ1) is 18.2. The molecule has 1 heterocycles. The maximum absolute atomic E-state index is 12.6. The SMILES string of the molecule is Cc1cc(C(=O)Nc2cc(Cl)cc(Cl)c2)nc(N(C)c2ccccc2)n1. The average Bonchev–Trinajstić information content (AvgIpc) is 2.60. The van der Waals surface area contributed by atoms with Crippen LogP contribution in [0.2, 0.25) is 10.0 Å². The number of para-hydroxylation sites is 1. The van der Waals surface area contributed by atoms with E-state index in [1.165, 1.54) is 0 Å². The van der Waals surface area contributed by atoms with Gasteiger partial charge in [0.15, 0.2) is 0 Å². The number of rotatable bonds is 4. The van der Waals surface area contributed by atoms with Gasteiger partial charge in [-0.25, -0.2) is 9.97 Å². The zero-order valence-electron chi connectivity index (χ0n) is 14.2. The Morgan fingerprint density at radius 1 is 1.00 bits per heavy atom. The number of amides is 1. The zero-order valence-corrected chi connectivity index (χ0v) is 15.7. The summed E-state index contributed by atoms with van der Waals surface area (Å²) in [5, 5.41) is 3.64. The molecule has 0 aliphatic heterocycles. The lowest BCUT2D eigenvalue weighted by atomic mass is 10.2. The number of nitrogens with one attached hydrogen (secondary N) is 1. The highest BCUT2D eigenvalue weighted by atomic mass is 35.5. The van der Waals surface area contributed by atoms with Gasteiger partial charge in [0.25, 0.3) is 5.91 Å². The molecular formula is C19H16Cl2N4O. The van der Waals surface area contributed by atoms with Crippen LogP contribution in [0.4, 0.5) is 17.3 Å². The van der Waals surface area contributed by atoms with Crippen molar-refractivity contribution in [3.8, 4) is 0 Å². The Labute approximate surface area is 161 Å². The van der Waals surface area contributed by atoms with Crippen molar-refractivity contribution in [3.05, 3.63) is 76.0 Å². The monoisotopic (exact) mass is 386 g/mol. The summed E-state index contributed by atoms with van der Waals surface area (Å²) in [5.74, 6) is 0.0713. The van der Waals surface area contributed by atoms with Gasteiger partial charge in [-0.15, -0.1) is 0 Å². The highest BCUT2D eigenvalue weighted by Gasteiger charge is 2.14. The third-order valence-corrected chi connectivity index (χ3v) is 4.08. The van der Waals surface area contributed by atoms with Crippen LogP contribution in [-0.4, -0.2) is 22.9 Å². The number of aryl methyl sites for hydroxylation is 1. The van der Waals surface area contributed by atoms with Crippen LogP contribution >= 0.6 is 23.2 Å². The van der Waals surface area contributed by atoms with Gasteiger partial charge in [0, 0.05) is 34.2 Å². The molecule has 0 saturated carbocycles. The van der Waals surface area contributed by atoms with Crippen LogP contribution in [0.15, 0.2) is 54.6 Å². The summed E-state index contributed by atoms with van der Waals surface area (Å²) in [7, 11) is 1.85. The minimum absolute atomic E-state index is 0.256. The van der Waals surface area contributed by atoms with Crippen LogP contribution in [0.3, 0.4) is 0 Å². The number of halogens is 2. The topological polar surface area (TPSA) is 58.1 Å². The molecule has 0 aliphatic rings. The second kappa shape index (κ2) is 7.72.